The van der Waals surface area contributed by atoms with E-state index in [1.54, 1.807) is 0 Å². The van der Waals surface area contributed by atoms with Crippen LogP contribution in [-0.4, -0.2) is 49.7 Å². The summed E-state index contributed by atoms with van der Waals surface area (Å²) in [7, 11) is 0. The van der Waals surface area contributed by atoms with E-state index in [0.29, 0.717) is 45.2 Å². The normalized spacial score (nSPS) is 13.8. The number of carbonyl (C=O) groups excluding carboxylic acids is 3. The molecule has 3 rings (SSSR count). The Morgan fingerprint density at radius 3 is 1.83 bits per heavy atom. The first-order valence-electron chi connectivity index (χ1n) is 12.6. The number of nitrogens with one attached hydrogen (secondary N) is 2. The second-order valence-corrected chi connectivity index (χ2v) is 9.05. The SMILES string of the molecule is NCCCCC(NC(=O)C(CCCCN)NC(=O)OCC1c2ccccc2-c2ccccc21)C(N)=O. The fraction of sp³-hybridized carbons (Fsp3) is 0.444. The first-order chi connectivity index (χ1) is 17.5. The Morgan fingerprint density at radius 2 is 1.31 bits per heavy atom. The smallest absolute Gasteiger partial charge is 0.407 e. The maximum atomic E-state index is 13.0. The van der Waals surface area contributed by atoms with E-state index in [2.05, 4.69) is 22.8 Å². The van der Waals surface area contributed by atoms with Crippen molar-refractivity contribution in [3.8, 4) is 11.1 Å². The van der Waals surface area contributed by atoms with E-state index in [9.17, 15) is 14.4 Å². The molecule has 2 unspecified atom stereocenters. The van der Waals surface area contributed by atoms with Crippen LogP contribution < -0.4 is 27.8 Å². The maximum absolute atomic E-state index is 13.0. The molecule has 9 nitrogen and oxygen atoms in total. The lowest BCUT2D eigenvalue weighted by Gasteiger charge is -2.22. The number of benzene rings is 2. The Kier molecular flexibility index (Phi) is 10.3. The molecule has 0 fully saturated rings. The molecule has 0 aliphatic heterocycles. The number of primary amides is 1. The molecular weight excluding hydrogens is 458 g/mol. The van der Waals surface area contributed by atoms with Crippen LogP contribution in [0.4, 0.5) is 4.79 Å². The average molecular weight is 496 g/mol. The zero-order chi connectivity index (χ0) is 25.9. The Hall–Kier alpha value is -3.43. The molecule has 0 saturated carbocycles. The summed E-state index contributed by atoms with van der Waals surface area (Å²) in [6.45, 7) is 1.10. The van der Waals surface area contributed by atoms with Crippen LogP contribution in [-0.2, 0) is 14.3 Å². The van der Waals surface area contributed by atoms with Crippen molar-refractivity contribution in [1.82, 2.24) is 10.6 Å². The molecule has 2 atom stereocenters. The predicted octanol–water partition coefficient (Wildman–Crippen LogP) is 2.12. The lowest BCUT2D eigenvalue weighted by Crippen LogP contribution is -2.53. The molecule has 8 N–H and O–H groups in total. The first-order valence-corrected chi connectivity index (χ1v) is 12.6. The Bertz CT molecular complexity index is 999. The van der Waals surface area contributed by atoms with Crippen molar-refractivity contribution in [2.45, 2.75) is 56.5 Å². The molecule has 0 aromatic heterocycles. The lowest BCUT2D eigenvalue weighted by molar-refractivity contribution is -0.128. The van der Waals surface area contributed by atoms with E-state index >= 15 is 0 Å². The number of rotatable bonds is 14. The third-order valence-electron chi connectivity index (χ3n) is 6.51. The highest BCUT2D eigenvalue weighted by Crippen LogP contribution is 2.44. The first kappa shape index (κ1) is 27.2. The van der Waals surface area contributed by atoms with Gasteiger partial charge in [0.15, 0.2) is 0 Å². The van der Waals surface area contributed by atoms with Gasteiger partial charge in [0.1, 0.15) is 18.7 Å². The summed E-state index contributed by atoms with van der Waals surface area (Å²) in [5, 5.41) is 5.35. The number of ether oxygens (including phenoxy) is 1. The monoisotopic (exact) mass is 495 g/mol. The summed E-state index contributed by atoms with van der Waals surface area (Å²) in [5.74, 6) is -1.19. The fourth-order valence-electron chi connectivity index (χ4n) is 4.59. The molecule has 194 valence electrons. The van der Waals surface area contributed by atoms with Gasteiger partial charge in [0, 0.05) is 5.92 Å². The molecule has 0 saturated heterocycles. The van der Waals surface area contributed by atoms with Crippen molar-refractivity contribution in [1.29, 1.82) is 0 Å². The van der Waals surface area contributed by atoms with Gasteiger partial charge in [0.05, 0.1) is 0 Å². The van der Waals surface area contributed by atoms with E-state index in [-0.39, 0.29) is 12.5 Å². The molecular formula is C27H37N5O4. The van der Waals surface area contributed by atoms with Gasteiger partial charge in [-0.15, -0.1) is 0 Å². The van der Waals surface area contributed by atoms with Gasteiger partial charge >= 0.3 is 6.09 Å². The Morgan fingerprint density at radius 1 is 0.778 bits per heavy atom. The molecule has 9 heteroatoms. The van der Waals surface area contributed by atoms with Crippen molar-refractivity contribution in [2.24, 2.45) is 17.2 Å². The molecule has 0 heterocycles. The largest absolute Gasteiger partial charge is 0.449 e. The molecule has 1 aliphatic rings. The van der Waals surface area contributed by atoms with Crippen molar-refractivity contribution in [3.63, 3.8) is 0 Å². The zero-order valence-corrected chi connectivity index (χ0v) is 20.6. The van der Waals surface area contributed by atoms with Crippen LogP contribution in [0.15, 0.2) is 48.5 Å². The molecule has 0 bridgehead atoms. The van der Waals surface area contributed by atoms with E-state index in [1.165, 1.54) is 0 Å². The highest BCUT2D eigenvalue weighted by Gasteiger charge is 2.30. The molecule has 0 radical (unpaired) electrons. The third-order valence-corrected chi connectivity index (χ3v) is 6.51. The third kappa shape index (κ3) is 7.05. The minimum Gasteiger partial charge on any atom is -0.449 e. The number of alkyl carbamates (subject to hydrolysis) is 1. The second-order valence-electron chi connectivity index (χ2n) is 9.05. The molecule has 0 spiro atoms. The predicted molar refractivity (Wildman–Crippen MR) is 139 cm³/mol. The topological polar surface area (TPSA) is 163 Å². The van der Waals surface area contributed by atoms with Gasteiger partial charge in [-0.1, -0.05) is 48.5 Å². The Labute approximate surface area is 212 Å². The summed E-state index contributed by atoms with van der Waals surface area (Å²) in [4.78, 5) is 37.6. The quantitative estimate of drug-likeness (QED) is 0.252. The maximum Gasteiger partial charge on any atom is 0.407 e. The van der Waals surface area contributed by atoms with Crippen LogP contribution in [0.3, 0.4) is 0 Å². The van der Waals surface area contributed by atoms with Crippen LogP contribution >= 0.6 is 0 Å². The van der Waals surface area contributed by atoms with E-state index < -0.39 is 30.0 Å². The zero-order valence-electron chi connectivity index (χ0n) is 20.6. The average Bonchev–Trinajstić information content (AvgIpc) is 3.20. The van der Waals surface area contributed by atoms with Gasteiger partial charge in [-0.25, -0.2) is 4.79 Å². The minimum absolute atomic E-state index is 0.0885. The van der Waals surface area contributed by atoms with Crippen LogP contribution in [0.2, 0.25) is 0 Å². The lowest BCUT2D eigenvalue weighted by atomic mass is 9.98. The van der Waals surface area contributed by atoms with Crippen LogP contribution in [0.5, 0.6) is 0 Å². The number of hydrogen-bond acceptors (Lipinski definition) is 6. The summed E-state index contributed by atoms with van der Waals surface area (Å²) in [6.07, 6.45) is 2.77. The minimum atomic E-state index is -0.872. The number of fused-ring (bicyclic) bond motifs is 3. The summed E-state index contributed by atoms with van der Waals surface area (Å²) in [5.41, 5.74) is 21.0. The van der Waals surface area contributed by atoms with Crippen molar-refractivity contribution >= 4 is 17.9 Å². The van der Waals surface area contributed by atoms with E-state index in [1.807, 2.05) is 36.4 Å². The fourth-order valence-corrected chi connectivity index (χ4v) is 4.59. The standard InChI is InChI=1S/C27H37N5O4/c28-15-7-5-13-23(25(30)33)31-26(34)24(14-6-8-16-29)32-27(35)36-17-22-20-11-3-1-9-18(20)19-10-2-4-12-21(19)22/h1-4,9-12,22-24H,5-8,13-17,28-29H2,(H2,30,33)(H,31,34)(H,32,35). The number of unbranched alkanes of at least 4 members (excludes halogenated alkanes) is 2. The van der Waals surface area contributed by atoms with Crippen molar-refractivity contribution in [2.75, 3.05) is 19.7 Å². The number of hydrogen-bond donors (Lipinski definition) is 5. The van der Waals surface area contributed by atoms with Crippen molar-refractivity contribution < 1.29 is 19.1 Å². The van der Waals surface area contributed by atoms with Gasteiger partial charge in [-0.3, -0.25) is 9.59 Å². The van der Waals surface area contributed by atoms with E-state index in [4.69, 9.17) is 21.9 Å². The van der Waals surface area contributed by atoms with Crippen LogP contribution in [0.25, 0.3) is 11.1 Å². The summed E-state index contributed by atoms with van der Waals surface area (Å²) >= 11 is 0. The van der Waals surface area contributed by atoms with Gasteiger partial charge < -0.3 is 32.6 Å². The molecule has 2 aromatic carbocycles. The van der Waals surface area contributed by atoms with E-state index in [0.717, 1.165) is 28.7 Å². The summed E-state index contributed by atoms with van der Waals surface area (Å²) < 4.78 is 5.60. The van der Waals surface area contributed by atoms with Crippen molar-refractivity contribution in [3.05, 3.63) is 59.7 Å². The molecule has 1 aliphatic carbocycles. The van der Waals surface area contributed by atoms with Gasteiger partial charge in [-0.2, -0.15) is 0 Å². The highest BCUT2D eigenvalue weighted by atomic mass is 16.5. The molecule has 2 aromatic rings. The molecule has 36 heavy (non-hydrogen) atoms. The van der Waals surface area contributed by atoms with Gasteiger partial charge in [0.2, 0.25) is 11.8 Å². The van der Waals surface area contributed by atoms with Gasteiger partial charge in [0.25, 0.3) is 0 Å². The summed E-state index contributed by atoms with van der Waals surface area (Å²) in [6, 6.07) is 14.4. The van der Waals surface area contributed by atoms with Crippen LogP contribution in [0, 0.1) is 0 Å². The second kappa shape index (κ2) is 13.6. The number of nitrogens with two attached hydrogens (primary N) is 3. The highest BCUT2D eigenvalue weighted by molar-refractivity contribution is 5.90. The number of amides is 3. The Balaban J connectivity index is 1.63. The van der Waals surface area contributed by atoms with Crippen LogP contribution in [0.1, 0.15) is 55.6 Å². The number of carbonyl (C=O) groups is 3. The molecule has 3 amide bonds. The van der Waals surface area contributed by atoms with Gasteiger partial charge in [-0.05, 0) is 73.9 Å².